The number of benzene rings is 2. The molecular formula is C23H24F3N5O. The van der Waals surface area contributed by atoms with Crippen molar-refractivity contribution >= 4 is 28.2 Å². The van der Waals surface area contributed by atoms with Gasteiger partial charge in [0.1, 0.15) is 0 Å². The van der Waals surface area contributed by atoms with Gasteiger partial charge < -0.3 is 20.9 Å². The van der Waals surface area contributed by atoms with Crippen LogP contribution in [0.1, 0.15) is 21.5 Å². The van der Waals surface area contributed by atoms with Crippen molar-refractivity contribution in [3.63, 3.8) is 0 Å². The number of primary amides is 1. The van der Waals surface area contributed by atoms with Crippen molar-refractivity contribution in [1.82, 2.24) is 9.88 Å². The number of nitrogens with zero attached hydrogens (tertiary/aromatic N) is 3. The Morgan fingerprint density at radius 2 is 1.88 bits per heavy atom. The molecule has 32 heavy (non-hydrogen) atoms. The molecule has 2 heterocycles. The van der Waals surface area contributed by atoms with E-state index in [-0.39, 0.29) is 12.1 Å². The van der Waals surface area contributed by atoms with E-state index in [1.165, 1.54) is 0 Å². The Balaban J connectivity index is 1.69. The van der Waals surface area contributed by atoms with Crippen molar-refractivity contribution in [2.45, 2.75) is 12.7 Å². The Morgan fingerprint density at radius 3 is 2.56 bits per heavy atom. The first-order valence-corrected chi connectivity index (χ1v) is 10.3. The lowest BCUT2D eigenvalue weighted by Gasteiger charge is -2.34. The van der Waals surface area contributed by atoms with Crippen LogP contribution < -0.4 is 16.0 Å². The molecule has 4 rings (SSSR count). The van der Waals surface area contributed by atoms with Crippen molar-refractivity contribution in [3.8, 4) is 0 Å². The van der Waals surface area contributed by atoms with E-state index < -0.39 is 17.6 Å². The zero-order chi connectivity index (χ0) is 22.9. The third-order valence-electron chi connectivity index (χ3n) is 5.68. The number of alkyl halides is 3. The number of pyridine rings is 1. The highest BCUT2D eigenvalue weighted by atomic mass is 19.4. The first-order valence-electron chi connectivity index (χ1n) is 10.3. The molecule has 1 aliphatic rings. The zero-order valence-electron chi connectivity index (χ0n) is 17.6. The second kappa shape index (κ2) is 8.66. The Hall–Kier alpha value is -3.33. The first-order chi connectivity index (χ1) is 15.2. The molecule has 0 atom stereocenters. The molecule has 1 aromatic heterocycles. The molecule has 1 amide bonds. The maximum atomic E-state index is 13.5. The summed E-state index contributed by atoms with van der Waals surface area (Å²) in [7, 11) is 2.06. The summed E-state index contributed by atoms with van der Waals surface area (Å²) in [5, 5.41) is 3.71. The van der Waals surface area contributed by atoms with E-state index in [4.69, 9.17) is 5.73 Å². The largest absolute Gasteiger partial charge is 0.416 e. The zero-order valence-corrected chi connectivity index (χ0v) is 17.6. The first kappa shape index (κ1) is 21.9. The monoisotopic (exact) mass is 443 g/mol. The molecule has 1 saturated heterocycles. The molecule has 168 valence electrons. The fourth-order valence-corrected chi connectivity index (χ4v) is 3.80. The van der Waals surface area contributed by atoms with Crippen LogP contribution in [0.2, 0.25) is 0 Å². The average molecular weight is 443 g/mol. The van der Waals surface area contributed by atoms with Crippen LogP contribution in [-0.4, -0.2) is 49.0 Å². The van der Waals surface area contributed by atoms with Gasteiger partial charge in [-0.1, -0.05) is 12.1 Å². The summed E-state index contributed by atoms with van der Waals surface area (Å²) in [6, 6.07) is 10.8. The molecular weight excluding hydrogens is 419 g/mol. The van der Waals surface area contributed by atoms with Crippen LogP contribution in [0, 0.1) is 0 Å². The molecule has 0 bridgehead atoms. The van der Waals surface area contributed by atoms with Crippen molar-refractivity contribution < 1.29 is 18.0 Å². The number of halogens is 3. The van der Waals surface area contributed by atoms with E-state index >= 15 is 0 Å². The number of hydrogen-bond donors (Lipinski definition) is 2. The Morgan fingerprint density at radius 1 is 1.12 bits per heavy atom. The predicted molar refractivity (Wildman–Crippen MR) is 119 cm³/mol. The highest BCUT2D eigenvalue weighted by molar-refractivity contribution is 5.94. The minimum Gasteiger partial charge on any atom is -0.380 e. The Bertz CT molecular complexity index is 1140. The van der Waals surface area contributed by atoms with Crippen LogP contribution in [0.3, 0.4) is 0 Å². The lowest BCUT2D eigenvalue weighted by molar-refractivity contribution is -0.137. The van der Waals surface area contributed by atoms with Gasteiger partial charge in [0.2, 0.25) is 5.91 Å². The normalized spacial score (nSPS) is 15.2. The summed E-state index contributed by atoms with van der Waals surface area (Å²) >= 11 is 0. The fraction of sp³-hybridized carbons (Fsp3) is 0.304. The number of fused-ring (bicyclic) bond motifs is 1. The number of likely N-dealkylation sites (N-methyl/N-ethyl adjacent to an activating group) is 1. The van der Waals surface area contributed by atoms with Crippen molar-refractivity contribution in [2.24, 2.45) is 5.73 Å². The van der Waals surface area contributed by atoms with Gasteiger partial charge in [0.15, 0.2) is 0 Å². The van der Waals surface area contributed by atoms with Gasteiger partial charge in [-0.15, -0.1) is 0 Å². The number of amides is 1. The fourth-order valence-electron chi connectivity index (χ4n) is 3.80. The number of nitrogens with two attached hydrogens (primary N) is 1. The summed E-state index contributed by atoms with van der Waals surface area (Å²) in [5.41, 5.74) is 7.12. The number of carbonyl (C=O) groups is 1. The highest BCUT2D eigenvalue weighted by Gasteiger charge is 2.31. The van der Waals surface area contributed by atoms with Gasteiger partial charge in [-0.3, -0.25) is 9.78 Å². The average Bonchev–Trinajstić information content (AvgIpc) is 2.77. The van der Waals surface area contributed by atoms with Crippen molar-refractivity contribution in [3.05, 3.63) is 65.4 Å². The number of anilines is 2. The number of nitrogens with one attached hydrogen (secondary N) is 1. The van der Waals surface area contributed by atoms with Crippen LogP contribution in [0.15, 0.2) is 48.7 Å². The number of carbonyl (C=O) groups excluding carboxylic acids is 1. The maximum absolute atomic E-state index is 13.5. The summed E-state index contributed by atoms with van der Waals surface area (Å²) in [6.07, 6.45) is -2.86. The smallest absolute Gasteiger partial charge is 0.380 e. The number of hydrogen-bond acceptors (Lipinski definition) is 5. The maximum Gasteiger partial charge on any atom is 0.416 e. The summed E-state index contributed by atoms with van der Waals surface area (Å²) in [5.74, 6) is -0.558. The highest BCUT2D eigenvalue weighted by Crippen LogP contribution is 2.36. The lowest BCUT2D eigenvalue weighted by Crippen LogP contribution is -2.44. The number of piperazine rings is 1. The van der Waals surface area contributed by atoms with Crippen LogP contribution in [0.5, 0.6) is 0 Å². The van der Waals surface area contributed by atoms with Crippen molar-refractivity contribution in [2.75, 3.05) is 43.4 Å². The summed E-state index contributed by atoms with van der Waals surface area (Å²) in [6.45, 7) is 3.70. The van der Waals surface area contributed by atoms with Crippen LogP contribution in [0.4, 0.5) is 24.5 Å². The Kier molecular flexibility index (Phi) is 5.92. The predicted octanol–water partition coefficient (Wildman–Crippen LogP) is 3.72. The van der Waals surface area contributed by atoms with Gasteiger partial charge in [-0.2, -0.15) is 13.2 Å². The molecule has 1 fully saturated rings. The third-order valence-corrected chi connectivity index (χ3v) is 5.68. The van der Waals surface area contributed by atoms with Gasteiger partial charge in [-0.25, -0.2) is 0 Å². The number of aromatic nitrogens is 1. The Labute approximate surface area is 183 Å². The minimum atomic E-state index is -4.49. The number of rotatable bonds is 5. The third kappa shape index (κ3) is 4.77. The van der Waals surface area contributed by atoms with E-state index in [1.807, 2.05) is 6.07 Å². The molecule has 9 heteroatoms. The molecule has 3 N–H and O–H groups in total. The molecule has 2 aromatic carbocycles. The topological polar surface area (TPSA) is 74.5 Å². The van der Waals surface area contributed by atoms with E-state index in [1.54, 1.807) is 30.5 Å². The van der Waals surface area contributed by atoms with Crippen molar-refractivity contribution in [1.29, 1.82) is 0 Å². The standard InChI is InChI=1S/C23H24F3N5O/c1-30-5-7-31(8-6-30)18-12-19-20(10-17(23(24,25)26)11-21(19)29-14-18)28-13-15-3-2-4-16(9-15)22(27)32/h2-4,9-12,14,28H,5-8,13H2,1H3,(H2,27,32). The summed E-state index contributed by atoms with van der Waals surface area (Å²) < 4.78 is 40.5. The molecule has 3 aromatic rings. The molecule has 0 saturated carbocycles. The van der Waals surface area contributed by atoms with Gasteiger partial charge >= 0.3 is 6.18 Å². The molecule has 0 spiro atoms. The van der Waals surface area contributed by atoms with E-state index in [9.17, 15) is 18.0 Å². The van der Waals surface area contributed by atoms with Gasteiger partial charge in [0, 0.05) is 49.4 Å². The molecule has 0 aliphatic carbocycles. The van der Waals surface area contributed by atoms with Gasteiger partial charge in [0.25, 0.3) is 0 Å². The quantitative estimate of drug-likeness (QED) is 0.629. The van der Waals surface area contributed by atoms with E-state index in [0.717, 1.165) is 49.6 Å². The molecule has 1 aliphatic heterocycles. The second-order valence-electron chi connectivity index (χ2n) is 7.99. The minimum absolute atomic E-state index is 0.232. The van der Waals surface area contributed by atoms with Gasteiger partial charge in [0.05, 0.1) is 23.0 Å². The van der Waals surface area contributed by atoms with E-state index in [2.05, 4.69) is 27.1 Å². The van der Waals surface area contributed by atoms with Crippen LogP contribution in [0.25, 0.3) is 10.9 Å². The van der Waals surface area contributed by atoms with Crippen LogP contribution >= 0.6 is 0 Å². The SMILES string of the molecule is CN1CCN(c2cnc3cc(C(F)(F)F)cc(NCc4cccc(C(N)=O)c4)c3c2)CC1. The molecule has 6 nitrogen and oxygen atoms in total. The van der Waals surface area contributed by atoms with Gasteiger partial charge in [-0.05, 0) is 42.9 Å². The van der Waals surface area contributed by atoms with E-state index in [0.29, 0.717) is 16.6 Å². The molecule has 0 radical (unpaired) electrons. The lowest BCUT2D eigenvalue weighted by atomic mass is 10.1. The molecule has 0 unspecified atom stereocenters. The second-order valence-corrected chi connectivity index (χ2v) is 7.99. The van der Waals surface area contributed by atoms with Crippen LogP contribution in [-0.2, 0) is 12.7 Å². The summed E-state index contributed by atoms with van der Waals surface area (Å²) in [4.78, 5) is 20.2.